The lowest BCUT2D eigenvalue weighted by Gasteiger charge is -1.69. The van der Waals surface area contributed by atoms with Gasteiger partial charge in [-0.2, -0.15) is 0 Å². The highest BCUT2D eigenvalue weighted by Crippen LogP contribution is 1.42. The highest BCUT2D eigenvalue weighted by Gasteiger charge is 1.65. The van der Waals surface area contributed by atoms with Crippen molar-refractivity contribution in [1.29, 1.82) is 5.41 Å². The molecule has 0 radical (unpaired) electrons. The number of rotatable bonds is 0. The van der Waals surface area contributed by atoms with E-state index in [-0.39, 0.29) is 5.96 Å². The third-order valence-corrected chi connectivity index (χ3v) is 0. The van der Waals surface area contributed by atoms with Gasteiger partial charge in [0.2, 0.25) is 0 Å². The van der Waals surface area contributed by atoms with Crippen LogP contribution in [0.2, 0.25) is 0 Å². The van der Waals surface area contributed by atoms with Gasteiger partial charge in [-0.25, -0.2) is 0 Å². The van der Waals surface area contributed by atoms with E-state index in [0.717, 1.165) is 6.92 Å². The Morgan fingerprint density at radius 3 is 1.50 bits per heavy atom. The predicted octanol–water partition coefficient (Wildman–Crippen LogP) is -0.821. The molecule has 0 amide bonds. The van der Waals surface area contributed by atoms with Gasteiger partial charge in [-0.05, 0) is 0 Å². The monoisotopic (exact) mass is 145 g/mol. The molecule has 0 fully saturated rings. The topological polar surface area (TPSA) is 113 Å². The summed E-state index contributed by atoms with van der Waals surface area (Å²) in [6.07, 6.45) is 8.00. The van der Waals surface area contributed by atoms with Gasteiger partial charge in [0.15, 0.2) is 5.96 Å². The Bertz CT molecular complexity index is 99.3. The number of hydrogen-bond acceptors (Lipinski definition) is 2. The maximum atomic E-state index is 9.00. The van der Waals surface area contributed by atoms with Crippen LogP contribution in [-0.4, -0.2) is 17.0 Å². The molecule has 58 valence electrons. The van der Waals surface area contributed by atoms with Gasteiger partial charge < -0.3 is 16.6 Å². The Morgan fingerprint density at radius 2 is 1.50 bits per heavy atom. The molecule has 0 aliphatic heterocycles. The largest absolute Gasteiger partial charge is 0.481 e. The molecule has 10 heavy (non-hydrogen) atoms. The predicted molar refractivity (Wildman–Crippen MR) is 39.3 cm³/mol. The number of terminal acetylenes is 1. The lowest BCUT2D eigenvalue weighted by molar-refractivity contribution is -0.134. The Kier molecular flexibility index (Phi) is 24.7. The first-order valence-corrected chi connectivity index (χ1v) is 2.09. The van der Waals surface area contributed by atoms with E-state index in [9.17, 15) is 0 Å². The standard InChI is InChI=1S/C2H4O2.C2H2.CH5N3/c1-2(3)4;1-2;2-1(3)4/h1H3,(H,3,4);1-2H;(H5,2,3,4). The molecule has 0 heterocycles. The first-order valence-electron chi connectivity index (χ1n) is 2.09. The lowest BCUT2D eigenvalue weighted by atomic mass is 10.9. The van der Waals surface area contributed by atoms with Crippen molar-refractivity contribution in [2.45, 2.75) is 6.92 Å². The number of carbonyl (C=O) groups is 1. The molecule has 5 heteroatoms. The van der Waals surface area contributed by atoms with Gasteiger partial charge in [-0.15, -0.1) is 12.8 Å². The van der Waals surface area contributed by atoms with Gasteiger partial charge >= 0.3 is 0 Å². The van der Waals surface area contributed by atoms with Crippen molar-refractivity contribution in [2.75, 3.05) is 0 Å². The number of nitrogens with one attached hydrogen (secondary N) is 1. The highest BCUT2D eigenvalue weighted by atomic mass is 16.4. The van der Waals surface area contributed by atoms with Gasteiger partial charge in [0.05, 0.1) is 0 Å². The molecule has 0 rings (SSSR count). The summed E-state index contributed by atoms with van der Waals surface area (Å²) in [5.41, 5.74) is 8.94. The molecular weight excluding hydrogens is 134 g/mol. The second kappa shape index (κ2) is 15.7. The van der Waals surface area contributed by atoms with Crippen molar-refractivity contribution in [2.24, 2.45) is 11.5 Å². The summed E-state index contributed by atoms with van der Waals surface area (Å²) in [7, 11) is 0. The van der Waals surface area contributed by atoms with Crippen molar-refractivity contribution in [3.63, 3.8) is 0 Å². The van der Waals surface area contributed by atoms with Crippen LogP contribution in [0, 0.1) is 18.3 Å². The van der Waals surface area contributed by atoms with E-state index in [2.05, 4.69) is 24.3 Å². The maximum absolute atomic E-state index is 9.00. The summed E-state index contributed by atoms with van der Waals surface area (Å²) in [6.45, 7) is 1.08. The summed E-state index contributed by atoms with van der Waals surface area (Å²) >= 11 is 0. The minimum absolute atomic E-state index is 0.333. The molecule has 0 aromatic heterocycles. The molecule has 0 bridgehead atoms. The second-order valence-electron chi connectivity index (χ2n) is 0.974. The molecule has 0 aromatic carbocycles. The summed E-state index contributed by atoms with van der Waals surface area (Å²) in [4.78, 5) is 9.00. The number of guanidine groups is 1. The molecule has 0 saturated heterocycles. The van der Waals surface area contributed by atoms with Crippen molar-refractivity contribution in [1.82, 2.24) is 0 Å². The first kappa shape index (κ1) is 15.7. The van der Waals surface area contributed by atoms with Crippen LogP contribution in [0.1, 0.15) is 6.92 Å². The van der Waals surface area contributed by atoms with Gasteiger partial charge in [-0.3, -0.25) is 10.2 Å². The smallest absolute Gasteiger partial charge is 0.300 e. The van der Waals surface area contributed by atoms with Crippen molar-refractivity contribution < 1.29 is 9.90 Å². The quantitative estimate of drug-likeness (QED) is 0.202. The van der Waals surface area contributed by atoms with Crippen LogP contribution in [0.25, 0.3) is 0 Å². The second-order valence-corrected chi connectivity index (χ2v) is 0.974. The lowest BCUT2D eigenvalue weighted by Crippen LogP contribution is -2.20. The normalized spacial score (nSPS) is 5.10. The molecule has 0 aliphatic rings. The number of carboxylic acid groups (broad SMARTS) is 1. The summed E-state index contributed by atoms with van der Waals surface area (Å²) in [5.74, 6) is -1.17. The van der Waals surface area contributed by atoms with Crippen molar-refractivity contribution in [3.8, 4) is 12.8 Å². The number of carboxylic acids is 1. The minimum atomic E-state index is -0.833. The first-order chi connectivity index (χ1) is 4.46. The van der Waals surface area contributed by atoms with Crippen LogP contribution in [0.4, 0.5) is 0 Å². The minimum Gasteiger partial charge on any atom is -0.481 e. The summed E-state index contributed by atoms with van der Waals surface area (Å²) in [5, 5.41) is 13.5. The van der Waals surface area contributed by atoms with Gasteiger partial charge in [-0.1, -0.05) is 0 Å². The number of aliphatic carboxylic acids is 1. The van der Waals surface area contributed by atoms with Crippen molar-refractivity contribution >= 4 is 11.9 Å². The maximum Gasteiger partial charge on any atom is 0.300 e. The molecular formula is C5H11N3O2. The van der Waals surface area contributed by atoms with E-state index < -0.39 is 5.97 Å². The van der Waals surface area contributed by atoms with Gasteiger partial charge in [0, 0.05) is 6.92 Å². The van der Waals surface area contributed by atoms with Crippen LogP contribution in [-0.2, 0) is 4.79 Å². The van der Waals surface area contributed by atoms with Crippen LogP contribution < -0.4 is 11.5 Å². The van der Waals surface area contributed by atoms with Crippen LogP contribution >= 0.6 is 0 Å². The summed E-state index contributed by atoms with van der Waals surface area (Å²) in [6, 6.07) is 0. The molecule has 0 aliphatic carbocycles. The van der Waals surface area contributed by atoms with E-state index in [1.54, 1.807) is 0 Å². The Morgan fingerprint density at radius 1 is 1.50 bits per heavy atom. The number of nitrogens with two attached hydrogens (primary N) is 2. The molecule has 0 unspecified atom stereocenters. The van der Waals surface area contributed by atoms with E-state index >= 15 is 0 Å². The van der Waals surface area contributed by atoms with Crippen LogP contribution in [0.15, 0.2) is 0 Å². The zero-order valence-electron chi connectivity index (χ0n) is 5.66. The zero-order valence-corrected chi connectivity index (χ0v) is 5.66. The van der Waals surface area contributed by atoms with E-state index in [1.807, 2.05) is 0 Å². The van der Waals surface area contributed by atoms with Crippen molar-refractivity contribution in [3.05, 3.63) is 0 Å². The third kappa shape index (κ3) is 61.2. The molecule has 5 nitrogen and oxygen atoms in total. The number of hydrogen-bond donors (Lipinski definition) is 4. The fourth-order valence-corrected chi connectivity index (χ4v) is 0. The summed E-state index contributed by atoms with van der Waals surface area (Å²) < 4.78 is 0. The Labute approximate surface area is 59.5 Å². The van der Waals surface area contributed by atoms with E-state index in [4.69, 9.17) is 15.3 Å². The SMILES string of the molecule is C#C.CC(=O)O.N=C(N)N. The van der Waals surface area contributed by atoms with Crippen LogP contribution in [0.5, 0.6) is 0 Å². The van der Waals surface area contributed by atoms with Gasteiger partial charge in [0.1, 0.15) is 0 Å². The van der Waals surface area contributed by atoms with E-state index in [0.29, 0.717) is 0 Å². The van der Waals surface area contributed by atoms with E-state index in [1.165, 1.54) is 0 Å². The molecule has 0 aromatic rings. The Balaban J connectivity index is -0.0000000787. The fraction of sp³-hybridized carbons (Fsp3) is 0.200. The van der Waals surface area contributed by atoms with Gasteiger partial charge in [0.25, 0.3) is 5.97 Å². The molecule has 0 spiro atoms. The average molecular weight is 145 g/mol. The molecule has 6 N–H and O–H groups in total. The van der Waals surface area contributed by atoms with Crippen LogP contribution in [0.3, 0.4) is 0 Å². The zero-order chi connectivity index (χ0) is 9.15. The average Bonchev–Trinajstić information content (AvgIpc) is 1.66. The highest BCUT2D eigenvalue weighted by molar-refractivity contribution is 5.71. The Hall–Kier alpha value is -1.70. The molecule has 0 saturated carbocycles. The molecule has 0 atom stereocenters. The third-order valence-electron chi connectivity index (χ3n) is 0. The fourth-order valence-electron chi connectivity index (χ4n) is 0.